The molecule has 0 aromatic carbocycles. The van der Waals surface area contributed by atoms with E-state index in [1.54, 1.807) is 0 Å². The molecule has 174 valence electrons. The quantitative estimate of drug-likeness (QED) is 0.252. The number of likely N-dealkylation sites (tertiary alicyclic amines) is 1. The van der Waals surface area contributed by atoms with Gasteiger partial charge in [0.1, 0.15) is 0 Å². The molecule has 2 unspecified atom stereocenters. The molecule has 2 atom stereocenters. The summed E-state index contributed by atoms with van der Waals surface area (Å²) in [5.74, 6) is 0. The Kier molecular flexibility index (Phi) is 18.3. The first kappa shape index (κ1) is 26.9. The van der Waals surface area contributed by atoms with Gasteiger partial charge in [-0.3, -0.25) is 0 Å². The molecule has 1 saturated heterocycles. The van der Waals surface area contributed by atoms with Crippen molar-refractivity contribution in [3.8, 4) is 0 Å². The van der Waals surface area contributed by atoms with E-state index in [0.29, 0.717) is 6.04 Å². The van der Waals surface area contributed by atoms with E-state index in [1.165, 1.54) is 90.1 Å². The number of ether oxygens (including phenoxy) is 2. The molecule has 0 radical (unpaired) electrons. The minimum Gasteiger partial charge on any atom is -0.381 e. The van der Waals surface area contributed by atoms with E-state index in [2.05, 4.69) is 18.7 Å². The van der Waals surface area contributed by atoms with Crippen molar-refractivity contribution in [3.63, 3.8) is 0 Å². The van der Waals surface area contributed by atoms with Gasteiger partial charge in [0.2, 0.25) is 0 Å². The van der Waals surface area contributed by atoms with Crippen molar-refractivity contribution in [2.75, 3.05) is 39.5 Å². The zero-order chi connectivity index (χ0) is 21.0. The van der Waals surface area contributed by atoms with Crippen molar-refractivity contribution in [1.29, 1.82) is 0 Å². The lowest BCUT2D eigenvalue weighted by atomic mass is 9.96. The van der Waals surface area contributed by atoms with Crippen LogP contribution in [0.25, 0.3) is 0 Å². The van der Waals surface area contributed by atoms with Crippen molar-refractivity contribution in [1.82, 2.24) is 4.90 Å². The van der Waals surface area contributed by atoms with E-state index in [9.17, 15) is 0 Å². The minimum absolute atomic E-state index is 0.296. The van der Waals surface area contributed by atoms with Gasteiger partial charge in [0.15, 0.2) is 0 Å². The summed E-state index contributed by atoms with van der Waals surface area (Å²) in [6.45, 7) is 10.6. The standard InChI is InChI=1S/C25H52N2O2/c1-3-5-20-28-22-13-8-7-10-14-25(27-18-11-9-12-19-27)16-15-24(26)17-23-29-21-6-4-2/h24-25H,3-23,26H2,1-2H3. The summed E-state index contributed by atoms with van der Waals surface area (Å²) in [5, 5.41) is 0. The number of nitrogens with two attached hydrogens (primary N) is 1. The third-order valence-corrected chi connectivity index (χ3v) is 6.27. The van der Waals surface area contributed by atoms with Crippen LogP contribution in [-0.4, -0.2) is 56.5 Å². The molecule has 0 aliphatic carbocycles. The van der Waals surface area contributed by atoms with Crippen LogP contribution >= 0.6 is 0 Å². The lowest BCUT2D eigenvalue weighted by Crippen LogP contribution is -2.40. The maximum absolute atomic E-state index is 6.40. The van der Waals surface area contributed by atoms with Crippen LogP contribution < -0.4 is 5.73 Å². The fourth-order valence-electron chi connectivity index (χ4n) is 4.21. The van der Waals surface area contributed by atoms with Crippen LogP contribution in [-0.2, 0) is 9.47 Å². The highest BCUT2D eigenvalue weighted by molar-refractivity contribution is 4.77. The van der Waals surface area contributed by atoms with Gasteiger partial charge in [-0.25, -0.2) is 0 Å². The van der Waals surface area contributed by atoms with Crippen LogP contribution in [0.15, 0.2) is 0 Å². The molecule has 1 fully saturated rings. The Balaban J connectivity index is 2.17. The van der Waals surface area contributed by atoms with Crippen LogP contribution in [0.4, 0.5) is 0 Å². The molecular weight excluding hydrogens is 360 g/mol. The lowest BCUT2D eigenvalue weighted by Gasteiger charge is -2.35. The highest BCUT2D eigenvalue weighted by Crippen LogP contribution is 2.21. The first-order valence-corrected chi connectivity index (χ1v) is 12.9. The SMILES string of the molecule is CCCCOCCCCCCC(CCC(N)CCOCCCC)N1CCCCC1. The number of nitrogens with zero attached hydrogens (tertiary/aromatic N) is 1. The molecule has 4 nitrogen and oxygen atoms in total. The summed E-state index contributed by atoms with van der Waals surface area (Å²) in [7, 11) is 0. The lowest BCUT2D eigenvalue weighted by molar-refractivity contribution is 0.117. The first-order chi connectivity index (χ1) is 14.3. The average Bonchev–Trinajstić information content (AvgIpc) is 2.75. The van der Waals surface area contributed by atoms with Crippen LogP contribution in [0, 0.1) is 0 Å². The van der Waals surface area contributed by atoms with E-state index in [-0.39, 0.29) is 0 Å². The van der Waals surface area contributed by atoms with E-state index in [0.717, 1.165) is 51.7 Å². The summed E-state index contributed by atoms with van der Waals surface area (Å²) in [5.41, 5.74) is 6.40. The molecule has 1 aliphatic rings. The smallest absolute Gasteiger partial charge is 0.0480 e. The van der Waals surface area contributed by atoms with E-state index in [1.807, 2.05) is 0 Å². The largest absolute Gasteiger partial charge is 0.381 e. The maximum Gasteiger partial charge on any atom is 0.0480 e. The molecule has 4 heteroatoms. The molecule has 0 bridgehead atoms. The highest BCUT2D eigenvalue weighted by Gasteiger charge is 2.21. The third-order valence-electron chi connectivity index (χ3n) is 6.27. The highest BCUT2D eigenvalue weighted by atomic mass is 16.5. The topological polar surface area (TPSA) is 47.7 Å². The number of rotatable bonds is 20. The zero-order valence-corrected chi connectivity index (χ0v) is 19.8. The van der Waals surface area contributed by atoms with Gasteiger partial charge in [0.25, 0.3) is 0 Å². The predicted molar refractivity (Wildman–Crippen MR) is 126 cm³/mol. The first-order valence-electron chi connectivity index (χ1n) is 12.9. The van der Waals surface area contributed by atoms with Crippen molar-refractivity contribution < 1.29 is 9.47 Å². The molecule has 1 rings (SSSR count). The van der Waals surface area contributed by atoms with Crippen LogP contribution in [0.2, 0.25) is 0 Å². The number of piperidine rings is 1. The van der Waals surface area contributed by atoms with Gasteiger partial charge in [-0.05, 0) is 70.9 Å². The molecule has 0 saturated carbocycles. The molecule has 0 amide bonds. The van der Waals surface area contributed by atoms with Gasteiger partial charge in [-0.1, -0.05) is 52.4 Å². The molecule has 29 heavy (non-hydrogen) atoms. The van der Waals surface area contributed by atoms with E-state index >= 15 is 0 Å². The maximum atomic E-state index is 6.40. The Bertz CT molecular complexity index is 335. The normalized spacial score (nSPS) is 17.5. The van der Waals surface area contributed by atoms with E-state index < -0.39 is 0 Å². The van der Waals surface area contributed by atoms with Gasteiger partial charge < -0.3 is 20.1 Å². The van der Waals surface area contributed by atoms with Crippen LogP contribution in [0.1, 0.15) is 110 Å². The summed E-state index contributed by atoms with van der Waals surface area (Å²) < 4.78 is 11.4. The van der Waals surface area contributed by atoms with Crippen molar-refractivity contribution in [3.05, 3.63) is 0 Å². The number of unbranched alkanes of at least 4 members (excludes halogenated alkanes) is 5. The Morgan fingerprint density at radius 2 is 1.28 bits per heavy atom. The summed E-state index contributed by atoms with van der Waals surface area (Å²) >= 11 is 0. The number of hydrogen-bond donors (Lipinski definition) is 1. The van der Waals surface area contributed by atoms with Crippen molar-refractivity contribution >= 4 is 0 Å². The fraction of sp³-hybridized carbons (Fsp3) is 1.00. The van der Waals surface area contributed by atoms with Crippen molar-refractivity contribution in [2.24, 2.45) is 5.73 Å². The van der Waals surface area contributed by atoms with Crippen LogP contribution in [0.3, 0.4) is 0 Å². The van der Waals surface area contributed by atoms with Crippen molar-refractivity contribution in [2.45, 2.75) is 122 Å². The monoisotopic (exact) mass is 412 g/mol. The minimum atomic E-state index is 0.296. The van der Waals surface area contributed by atoms with Gasteiger partial charge in [-0.15, -0.1) is 0 Å². The number of hydrogen-bond acceptors (Lipinski definition) is 4. The second-order valence-corrected chi connectivity index (χ2v) is 9.01. The molecule has 0 aromatic rings. The van der Waals surface area contributed by atoms with Gasteiger partial charge in [-0.2, -0.15) is 0 Å². The van der Waals surface area contributed by atoms with Gasteiger partial charge >= 0.3 is 0 Å². The summed E-state index contributed by atoms with van der Waals surface area (Å²) in [6, 6.07) is 1.03. The zero-order valence-electron chi connectivity index (χ0n) is 19.8. The Morgan fingerprint density at radius 1 is 0.655 bits per heavy atom. The Labute approximate surface area is 182 Å². The Hall–Kier alpha value is -0.160. The van der Waals surface area contributed by atoms with Gasteiger partial charge in [0.05, 0.1) is 0 Å². The van der Waals surface area contributed by atoms with Gasteiger partial charge in [0, 0.05) is 38.5 Å². The molecule has 0 spiro atoms. The summed E-state index contributed by atoms with van der Waals surface area (Å²) in [6.07, 6.45) is 19.0. The molecule has 0 aromatic heterocycles. The summed E-state index contributed by atoms with van der Waals surface area (Å²) in [4.78, 5) is 2.77. The average molecular weight is 413 g/mol. The second kappa shape index (κ2) is 19.8. The third kappa shape index (κ3) is 15.3. The second-order valence-electron chi connectivity index (χ2n) is 9.01. The molecule has 1 aliphatic heterocycles. The molecular formula is C25H52N2O2. The Morgan fingerprint density at radius 3 is 1.97 bits per heavy atom. The predicted octanol–water partition coefficient (Wildman–Crippen LogP) is 5.92. The van der Waals surface area contributed by atoms with Crippen LogP contribution in [0.5, 0.6) is 0 Å². The molecule has 2 N–H and O–H groups in total. The fourth-order valence-corrected chi connectivity index (χ4v) is 4.21. The van der Waals surface area contributed by atoms with E-state index in [4.69, 9.17) is 15.2 Å². The molecule has 1 heterocycles.